The molecule has 0 radical (unpaired) electrons. The minimum absolute atomic E-state index is 0.127. The van der Waals surface area contributed by atoms with E-state index < -0.39 is 0 Å². The van der Waals surface area contributed by atoms with Crippen molar-refractivity contribution in [3.8, 4) is 16.5 Å². The van der Waals surface area contributed by atoms with E-state index in [-0.39, 0.29) is 11.6 Å². The van der Waals surface area contributed by atoms with Gasteiger partial charge in [0.25, 0.3) is 5.89 Å². The Balaban J connectivity index is 1.82. The molecular weight excluding hydrogens is 267 g/mol. The molecule has 0 saturated heterocycles. The molecule has 0 aliphatic carbocycles. The maximum Gasteiger partial charge on any atom is 0.271 e. The lowest BCUT2D eigenvalue weighted by Gasteiger charge is -1.95. The number of hydrogen-bond donors (Lipinski definition) is 1. The molecule has 2 heterocycles. The highest BCUT2D eigenvalue weighted by Crippen LogP contribution is 2.33. The van der Waals surface area contributed by atoms with Gasteiger partial charge in [-0.15, -0.1) is 11.3 Å². The van der Waals surface area contributed by atoms with Crippen LogP contribution in [0.1, 0.15) is 11.4 Å². The molecule has 4 nitrogen and oxygen atoms in total. The molecule has 0 aliphatic rings. The number of aromatic nitrogens is 2. The van der Waals surface area contributed by atoms with Gasteiger partial charge in [0.15, 0.2) is 5.82 Å². The van der Waals surface area contributed by atoms with Crippen LogP contribution in [-0.2, 0) is 6.42 Å². The van der Waals surface area contributed by atoms with Crippen molar-refractivity contribution in [3.05, 3.63) is 52.9 Å². The molecular formula is C13H9FN2O2S. The fraction of sp³-hybridized carbons (Fsp3) is 0.0769. The third kappa shape index (κ3) is 2.48. The molecule has 0 aliphatic heterocycles. The quantitative estimate of drug-likeness (QED) is 0.797. The highest BCUT2D eigenvalue weighted by molar-refractivity contribution is 7.13. The summed E-state index contributed by atoms with van der Waals surface area (Å²) in [5, 5.41) is 15.2. The van der Waals surface area contributed by atoms with Gasteiger partial charge in [-0.05, 0) is 29.1 Å². The van der Waals surface area contributed by atoms with E-state index in [1.807, 2.05) is 0 Å². The average molecular weight is 276 g/mol. The monoisotopic (exact) mass is 276 g/mol. The van der Waals surface area contributed by atoms with Gasteiger partial charge in [-0.3, -0.25) is 0 Å². The minimum Gasteiger partial charge on any atom is -0.506 e. The van der Waals surface area contributed by atoms with E-state index in [1.165, 1.54) is 23.5 Å². The molecule has 1 aromatic carbocycles. The second-order valence-electron chi connectivity index (χ2n) is 3.95. The molecule has 0 atom stereocenters. The number of nitrogens with zero attached hydrogens (tertiary/aromatic N) is 2. The fourth-order valence-corrected chi connectivity index (χ4v) is 2.37. The molecule has 0 bridgehead atoms. The number of hydrogen-bond acceptors (Lipinski definition) is 5. The van der Waals surface area contributed by atoms with Gasteiger partial charge in [0.2, 0.25) is 0 Å². The Hall–Kier alpha value is -2.21. The molecule has 3 aromatic rings. The van der Waals surface area contributed by atoms with Gasteiger partial charge >= 0.3 is 0 Å². The predicted molar refractivity (Wildman–Crippen MR) is 68.5 cm³/mol. The number of thiophene rings is 1. The molecule has 3 rings (SSSR count). The lowest BCUT2D eigenvalue weighted by atomic mass is 10.1. The fourth-order valence-electron chi connectivity index (χ4n) is 1.67. The summed E-state index contributed by atoms with van der Waals surface area (Å²) < 4.78 is 17.9. The van der Waals surface area contributed by atoms with Crippen LogP contribution in [0.4, 0.5) is 4.39 Å². The van der Waals surface area contributed by atoms with Crippen molar-refractivity contribution < 1.29 is 14.0 Å². The van der Waals surface area contributed by atoms with Crippen LogP contribution in [0.3, 0.4) is 0 Å². The van der Waals surface area contributed by atoms with E-state index in [0.717, 1.165) is 5.56 Å². The summed E-state index contributed by atoms with van der Waals surface area (Å²) in [5.41, 5.74) is 0.893. The first kappa shape index (κ1) is 11.9. The Morgan fingerprint density at radius 3 is 2.68 bits per heavy atom. The van der Waals surface area contributed by atoms with Gasteiger partial charge in [0.05, 0.1) is 0 Å². The second kappa shape index (κ2) is 4.81. The van der Waals surface area contributed by atoms with Crippen molar-refractivity contribution in [2.45, 2.75) is 6.42 Å². The van der Waals surface area contributed by atoms with Crippen LogP contribution >= 0.6 is 11.3 Å². The van der Waals surface area contributed by atoms with Crippen molar-refractivity contribution in [1.29, 1.82) is 0 Å². The Labute approximate surface area is 112 Å². The van der Waals surface area contributed by atoms with Gasteiger partial charge < -0.3 is 9.63 Å². The van der Waals surface area contributed by atoms with E-state index in [0.29, 0.717) is 23.0 Å². The van der Waals surface area contributed by atoms with E-state index in [4.69, 9.17) is 4.52 Å². The summed E-state index contributed by atoms with van der Waals surface area (Å²) >= 11 is 1.33. The SMILES string of the molecule is Oc1ccsc1-c1nc(Cc2ccc(F)cc2)no1. The molecule has 0 spiro atoms. The lowest BCUT2D eigenvalue weighted by Crippen LogP contribution is -1.90. The molecule has 0 fully saturated rings. The zero-order chi connectivity index (χ0) is 13.2. The zero-order valence-corrected chi connectivity index (χ0v) is 10.5. The first-order valence-corrected chi connectivity index (χ1v) is 6.44. The standard InChI is InChI=1S/C13H9FN2O2S/c14-9-3-1-8(2-4-9)7-11-15-13(18-16-11)12-10(17)5-6-19-12/h1-6,17H,7H2. The third-order valence-corrected chi connectivity index (χ3v) is 3.47. The van der Waals surface area contributed by atoms with Crippen LogP contribution in [-0.4, -0.2) is 15.2 Å². The van der Waals surface area contributed by atoms with Gasteiger partial charge in [-0.1, -0.05) is 17.3 Å². The second-order valence-corrected chi connectivity index (χ2v) is 4.87. The Morgan fingerprint density at radius 2 is 2.00 bits per heavy atom. The van der Waals surface area contributed by atoms with Gasteiger partial charge in [0.1, 0.15) is 16.4 Å². The Kier molecular flexibility index (Phi) is 3.00. The van der Waals surface area contributed by atoms with Crippen molar-refractivity contribution in [2.75, 3.05) is 0 Å². The van der Waals surface area contributed by atoms with Crippen LogP contribution < -0.4 is 0 Å². The highest BCUT2D eigenvalue weighted by Gasteiger charge is 2.14. The van der Waals surface area contributed by atoms with E-state index in [1.54, 1.807) is 23.6 Å². The third-order valence-electron chi connectivity index (χ3n) is 2.58. The van der Waals surface area contributed by atoms with Crippen LogP contribution in [0, 0.1) is 5.82 Å². The van der Waals surface area contributed by atoms with Crippen LogP contribution in [0.25, 0.3) is 10.8 Å². The molecule has 96 valence electrons. The Bertz CT molecular complexity index is 691. The predicted octanol–water partition coefficient (Wildman–Crippen LogP) is 3.23. The van der Waals surface area contributed by atoms with E-state index >= 15 is 0 Å². The maximum absolute atomic E-state index is 12.8. The van der Waals surface area contributed by atoms with E-state index in [2.05, 4.69) is 10.1 Å². The number of rotatable bonds is 3. The highest BCUT2D eigenvalue weighted by atomic mass is 32.1. The van der Waals surface area contributed by atoms with Crippen LogP contribution in [0.2, 0.25) is 0 Å². The van der Waals surface area contributed by atoms with Crippen molar-refractivity contribution in [1.82, 2.24) is 10.1 Å². The molecule has 0 amide bonds. The molecule has 19 heavy (non-hydrogen) atoms. The van der Waals surface area contributed by atoms with Gasteiger partial charge in [0, 0.05) is 6.42 Å². The molecule has 0 saturated carbocycles. The first-order chi connectivity index (χ1) is 9.22. The van der Waals surface area contributed by atoms with Crippen molar-refractivity contribution >= 4 is 11.3 Å². The summed E-state index contributed by atoms with van der Waals surface area (Å²) in [7, 11) is 0. The summed E-state index contributed by atoms with van der Waals surface area (Å²) in [6.07, 6.45) is 0.454. The molecule has 1 N–H and O–H groups in total. The number of benzene rings is 1. The molecule has 6 heteroatoms. The maximum atomic E-state index is 12.8. The minimum atomic E-state index is -0.277. The zero-order valence-electron chi connectivity index (χ0n) is 9.71. The number of aromatic hydroxyl groups is 1. The Morgan fingerprint density at radius 1 is 1.21 bits per heavy atom. The summed E-state index contributed by atoms with van der Waals surface area (Å²) in [6.45, 7) is 0. The van der Waals surface area contributed by atoms with Gasteiger partial charge in [-0.25, -0.2) is 4.39 Å². The summed E-state index contributed by atoms with van der Waals surface area (Å²) in [5.74, 6) is 0.641. The van der Waals surface area contributed by atoms with Crippen molar-refractivity contribution in [2.24, 2.45) is 0 Å². The number of halogens is 1. The first-order valence-electron chi connectivity index (χ1n) is 5.56. The molecule has 0 unspecified atom stereocenters. The van der Waals surface area contributed by atoms with E-state index in [9.17, 15) is 9.50 Å². The summed E-state index contributed by atoms with van der Waals surface area (Å²) in [4.78, 5) is 4.76. The average Bonchev–Trinajstić information content (AvgIpc) is 3.01. The normalized spacial score (nSPS) is 10.8. The van der Waals surface area contributed by atoms with Gasteiger partial charge in [-0.2, -0.15) is 4.98 Å². The van der Waals surface area contributed by atoms with Crippen LogP contribution in [0.5, 0.6) is 5.75 Å². The smallest absolute Gasteiger partial charge is 0.271 e. The largest absolute Gasteiger partial charge is 0.506 e. The molecule has 2 aromatic heterocycles. The summed E-state index contributed by atoms with van der Waals surface area (Å²) in [6, 6.07) is 7.70. The van der Waals surface area contributed by atoms with Crippen LogP contribution in [0.15, 0.2) is 40.2 Å². The van der Waals surface area contributed by atoms with Crippen molar-refractivity contribution in [3.63, 3.8) is 0 Å². The topological polar surface area (TPSA) is 59.2 Å². The lowest BCUT2D eigenvalue weighted by molar-refractivity contribution is 0.420.